The molecule has 0 aromatic rings. The molecule has 2 aliphatic heterocycles. The predicted octanol–water partition coefficient (Wildman–Crippen LogP) is -6.02. The minimum absolute atomic E-state index is 0.448. The fourth-order valence-electron chi connectivity index (χ4n) is 2.93. The van der Waals surface area contributed by atoms with Gasteiger partial charge in [0, 0.05) is 0 Å². The molecule has 28 heavy (non-hydrogen) atoms. The van der Waals surface area contributed by atoms with Crippen LogP contribution in [-0.2, 0) is 18.9 Å². The van der Waals surface area contributed by atoms with Gasteiger partial charge < -0.3 is 64.9 Å². The van der Waals surface area contributed by atoms with Gasteiger partial charge >= 0.3 is 0 Å². The Morgan fingerprint density at radius 1 is 0.714 bits per heavy atom. The van der Waals surface area contributed by atoms with E-state index >= 15 is 0 Å². The van der Waals surface area contributed by atoms with E-state index in [1.165, 1.54) is 0 Å². The van der Waals surface area contributed by atoms with Crippen molar-refractivity contribution < 1.29 is 64.9 Å². The van der Waals surface area contributed by atoms with E-state index in [4.69, 9.17) is 24.1 Å². The van der Waals surface area contributed by atoms with Gasteiger partial charge in [0.2, 0.25) is 0 Å². The van der Waals surface area contributed by atoms with E-state index < -0.39 is 93.9 Å². The third-order valence-electron chi connectivity index (χ3n) is 4.63. The topological polar surface area (TPSA) is 219 Å². The molecule has 0 unspecified atom stereocenters. The maximum Gasteiger partial charge on any atom is 0.187 e. The number of aliphatic hydroxyl groups excluding tert-OH is 9. The fourth-order valence-corrected chi connectivity index (χ4v) is 2.93. The molecule has 9 N–H and O–H groups in total. The van der Waals surface area contributed by atoms with Crippen molar-refractivity contribution in [2.75, 3.05) is 26.4 Å². The van der Waals surface area contributed by atoms with Crippen molar-refractivity contribution in [3.63, 3.8) is 0 Å². The summed E-state index contributed by atoms with van der Waals surface area (Å²) in [5.74, 6) is 0. The Hall–Kier alpha value is -0.520. The van der Waals surface area contributed by atoms with E-state index in [0.717, 1.165) is 0 Å². The predicted molar refractivity (Wildman–Crippen MR) is 85.4 cm³/mol. The van der Waals surface area contributed by atoms with Crippen LogP contribution in [0.4, 0.5) is 0 Å². The summed E-state index contributed by atoms with van der Waals surface area (Å²) in [4.78, 5) is 0. The Balaban J connectivity index is 2.15. The van der Waals surface area contributed by atoms with Gasteiger partial charge in [0.1, 0.15) is 54.9 Å². The van der Waals surface area contributed by atoms with Crippen molar-refractivity contribution in [3.8, 4) is 0 Å². The summed E-state index contributed by atoms with van der Waals surface area (Å²) in [6.45, 7) is -2.45. The zero-order valence-corrected chi connectivity index (χ0v) is 14.8. The van der Waals surface area contributed by atoms with Gasteiger partial charge in [-0.1, -0.05) is 0 Å². The summed E-state index contributed by atoms with van der Waals surface area (Å²) >= 11 is 0. The van der Waals surface area contributed by atoms with E-state index in [-0.39, 0.29) is 0 Å². The summed E-state index contributed by atoms with van der Waals surface area (Å²) in [6, 6.07) is 0. The van der Waals surface area contributed by atoms with Gasteiger partial charge in [0.25, 0.3) is 0 Å². The molecule has 2 aliphatic rings. The maximum absolute atomic E-state index is 10.3. The molecule has 2 heterocycles. The lowest BCUT2D eigenvalue weighted by Gasteiger charge is -2.46. The van der Waals surface area contributed by atoms with E-state index in [1.807, 2.05) is 0 Å². The van der Waals surface area contributed by atoms with Crippen molar-refractivity contribution >= 4 is 0 Å². The lowest BCUT2D eigenvalue weighted by atomic mass is 9.97. The molecule has 2 fully saturated rings. The molecule has 13 heteroatoms. The van der Waals surface area contributed by atoms with E-state index in [2.05, 4.69) is 0 Å². The van der Waals surface area contributed by atoms with Gasteiger partial charge in [-0.2, -0.15) is 0 Å². The van der Waals surface area contributed by atoms with Crippen molar-refractivity contribution in [1.82, 2.24) is 0 Å². The minimum atomic E-state index is -1.78. The monoisotopic (exact) mass is 416 g/mol. The second kappa shape index (κ2) is 10.5. The van der Waals surface area contributed by atoms with Crippen LogP contribution in [0.15, 0.2) is 0 Å². The molecule has 0 saturated carbocycles. The Kier molecular flexibility index (Phi) is 8.90. The molecule has 2 rings (SSSR count). The normalized spacial score (nSPS) is 45.8. The molecule has 0 amide bonds. The molecule has 0 radical (unpaired) electrons. The minimum Gasteiger partial charge on any atom is -0.394 e. The van der Waals surface area contributed by atoms with Crippen LogP contribution in [0, 0.1) is 0 Å². The molecule has 0 aromatic heterocycles. The van der Waals surface area contributed by atoms with Gasteiger partial charge in [-0.05, 0) is 0 Å². The molecular formula is C15H28O13. The number of aliphatic hydroxyl groups is 9. The maximum atomic E-state index is 10.3. The van der Waals surface area contributed by atoms with Crippen LogP contribution in [0.5, 0.6) is 0 Å². The second-order valence-electron chi connectivity index (χ2n) is 6.67. The highest BCUT2D eigenvalue weighted by molar-refractivity contribution is 4.93. The molecular weight excluding hydrogens is 388 g/mol. The van der Waals surface area contributed by atoms with Crippen LogP contribution >= 0.6 is 0 Å². The number of hydrogen-bond acceptors (Lipinski definition) is 13. The summed E-state index contributed by atoms with van der Waals surface area (Å²) < 4.78 is 21.1. The van der Waals surface area contributed by atoms with Crippen molar-refractivity contribution in [2.24, 2.45) is 0 Å². The Labute approximate surface area is 159 Å². The average molecular weight is 416 g/mol. The first-order valence-electron chi connectivity index (χ1n) is 8.74. The van der Waals surface area contributed by atoms with Crippen molar-refractivity contribution in [2.45, 2.75) is 67.5 Å². The summed E-state index contributed by atoms with van der Waals surface area (Å²) in [7, 11) is 0. The van der Waals surface area contributed by atoms with Crippen LogP contribution < -0.4 is 0 Å². The molecule has 13 nitrogen and oxygen atoms in total. The first-order chi connectivity index (χ1) is 13.2. The molecule has 0 bridgehead atoms. The Bertz CT molecular complexity index is 465. The van der Waals surface area contributed by atoms with Gasteiger partial charge in [0.05, 0.1) is 26.4 Å². The van der Waals surface area contributed by atoms with Crippen molar-refractivity contribution in [3.05, 3.63) is 0 Å². The first-order valence-corrected chi connectivity index (χ1v) is 8.74. The molecule has 0 aliphatic carbocycles. The van der Waals surface area contributed by atoms with Gasteiger partial charge in [0.15, 0.2) is 12.6 Å². The zero-order chi connectivity index (χ0) is 21.0. The number of rotatable bonds is 8. The summed E-state index contributed by atoms with van der Waals surface area (Å²) in [6.07, 6.45) is -16.9. The molecule has 166 valence electrons. The quantitative estimate of drug-likeness (QED) is 0.180. The van der Waals surface area contributed by atoms with E-state index in [9.17, 15) is 40.9 Å². The van der Waals surface area contributed by atoms with Gasteiger partial charge in [-0.15, -0.1) is 0 Å². The van der Waals surface area contributed by atoms with E-state index in [1.54, 1.807) is 0 Å². The number of ether oxygens (including phenoxy) is 4. The smallest absolute Gasteiger partial charge is 0.187 e. The third kappa shape index (κ3) is 5.14. The van der Waals surface area contributed by atoms with Crippen LogP contribution in [0.3, 0.4) is 0 Å². The van der Waals surface area contributed by atoms with Crippen LogP contribution in [0.25, 0.3) is 0 Å². The van der Waals surface area contributed by atoms with Crippen LogP contribution in [0.2, 0.25) is 0 Å². The molecule has 2 saturated heterocycles. The largest absolute Gasteiger partial charge is 0.394 e. The highest BCUT2D eigenvalue weighted by atomic mass is 16.8. The standard InChI is InChI=1S/C15H28O13/c16-1-5(19)4-25-15-13(11(23)9(21)7(3-18)27-15)28-14-12(24)10(22)8(20)6(2-17)26-14/h5-24H,1-4H2/t5-,6-,7-,8+,9-,10+,11+,12-,13-,14-,15+/m1/s1. The molecule has 0 spiro atoms. The fraction of sp³-hybridized carbons (Fsp3) is 1.00. The van der Waals surface area contributed by atoms with Gasteiger partial charge in [-0.25, -0.2) is 0 Å². The first kappa shape index (κ1) is 23.8. The highest BCUT2D eigenvalue weighted by Gasteiger charge is 2.50. The summed E-state index contributed by atoms with van der Waals surface area (Å²) in [5, 5.41) is 86.9. The Morgan fingerprint density at radius 2 is 1.25 bits per heavy atom. The third-order valence-corrected chi connectivity index (χ3v) is 4.63. The average Bonchev–Trinajstić information content (AvgIpc) is 2.70. The molecule has 11 atom stereocenters. The number of hydrogen-bond donors (Lipinski definition) is 9. The Morgan fingerprint density at radius 3 is 1.79 bits per heavy atom. The lowest BCUT2D eigenvalue weighted by molar-refractivity contribution is -0.368. The lowest BCUT2D eigenvalue weighted by Crippen LogP contribution is -2.64. The second-order valence-corrected chi connectivity index (χ2v) is 6.67. The summed E-state index contributed by atoms with van der Waals surface area (Å²) in [5.41, 5.74) is 0. The van der Waals surface area contributed by atoms with Gasteiger partial charge in [-0.3, -0.25) is 0 Å². The SMILES string of the molecule is OC[C@@H](O)CO[C@H]1O[C@H](CO)[C@@H](O)[C@H](O)[C@H]1O[C@H]1O[C@H](CO)[C@H](O)[C@H](O)[C@H]1O. The van der Waals surface area contributed by atoms with E-state index in [0.29, 0.717) is 0 Å². The molecule has 0 aromatic carbocycles. The van der Waals surface area contributed by atoms with Crippen LogP contribution in [-0.4, -0.2) is 140 Å². The highest BCUT2D eigenvalue weighted by Crippen LogP contribution is 2.29. The van der Waals surface area contributed by atoms with Crippen LogP contribution in [0.1, 0.15) is 0 Å². The zero-order valence-electron chi connectivity index (χ0n) is 14.8. The van der Waals surface area contributed by atoms with Crippen molar-refractivity contribution in [1.29, 1.82) is 0 Å².